The minimum atomic E-state index is -3.08. The van der Waals surface area contributed by atoms with Crippen LogP contribution in [0.5, 0.6) is 0 Å². The van der Waals surface area contributed by atoms with Crippen molar-refractivity contribution in [2.45, 2.75) is 51.3 Å². The van der Waals surface area contributed by atoms with Crippen LogP contribution in [0.3, 0.4) is 0 Å². The van der Waals surface area contributed by atoms with E-state index in [0.29, 0.717) is 5.56 Å². The highest BCUT2D eigenvalue weighted by atomic mass is 35.5. The summed E-state index contributed by atoms with van der Waals surface area (Å²) in [6.45, 7) is 8.05. The SMILES string of the molecule is C[C@H](N[S@](=O)C(C)(C)C)c1cnc(C(C)(F)F)c(Cl)c1. The summed E-state index contributed by atoms with van der Waals surface area (Å²) in [4.78, 5) is 3.72. The van der Waals surface area contributed by atoms with E-state index in [9.17, 15) is 13.0 Å². The third kappa shape index (κ3) is 4.46. The Balaban J connectivity index is 2.94. The number of pyridine rings is 1. The van der Waals surface area contributed by atoms with E-state index in [1.807, 2.05) is 20.8 Å². The lowest BCUT2D eigenvalue weighted by atomic mass is 10.1. The average molecular weight is 325 g/mol. The van der Waals surface area contributed by atoms with Gasteiger partial charge in [-0.1, -0.05) is 11.6 Å². The zero-order chi connectivity index (χ0) is 15.7. The molecule has 3 nitrogen and oxygen atoms in total. The Morgan fingerprint density at radius 2 is 1.90 bits per heavy atom. The molecule has 1 aromatic rings. The normalized spacial score (nSPS) is 16.0. The summed E-state index contributed by atoms with van der Waals surface area (Å²) < 4.78 is 40.9. The third-order valence-electron chi connectivity index (χ3n) is 2.62. The van der Waals surface area contributed by atoms with Gasteiger partial charge in [-0.05, 0) is 39.3 Å². The summed E-state index contributed by atoms with van der Waals surface area (Å²) >= 11 is 5.84. The molecule has 0 aliphatic rings. The molecule has 1 rings (SSSR count). The number of hydrogen-bond acceptors (Lipinski definition) is 2. The zero-order valence-electron chi connectivity index (χ0n) is 12.1. The molecule has 1 N–H and O–H groups in total. The fourth-order valence-electron chi connectivity index (χ4n) is 1.42. The van der Waals surface area contributed by atoms with Gasteiger partial charge in [0.15, 0.2) is 0 Å². The summed E-state index contributed by atoms with van der Waals surface area (Å²) in [5.41, 5.74) is 0.160. The first-order chi connectivity index (χ1) is 8.93. The van der Waals surface area contributed by atoms with Gasteiger partial charge in [0.25, 0.3) is 5.92 Å². The maximum Gasteiger partial charge on any atom is 0.288 e. The molecule has 114 valence electrons. The molecule has 0 bridgehead atoms. The van der Waals surface area contributed by atoms with Gasteiger partial charge in [0.2, 0.25) is 0 Å². The Hall–Kier alpha value is -0.590. The van der Waals surface area contributed by atoms with Gasteiger partial charge >= 0.3 is 0 Å². The number of hydrogen-bond donors (Lipinski definition) is 1. The first-order valence-electron chi connectivity index (χ1n) is 6.14. The number of nitrogens with zero attached hydrogens (tertiary/aromatic N) is 1. The smallest absolute Gasteiger partial charge is 0.253 e. The van der Waals surface area contributed by atoms with E-state index in [2.05, 4.69) is 9.71 Å². The van der Waals surface area contributed by atoms with Crippen molar-refractivity contribution in [3.05, 3.63) is 28.5 Å². The van der Waals surface area contributed by atoms with Crippen molar-refractivity contribution in [1.29, 1.82) is 0 Å². The van der Waals surface area contributed by atoms with Gasteiger partial charge in [-0.25, -0.2) is 8.93 Å². The van der Waals surface area contributed by atoms with E-state index in [1.54, 1.807) is 6.92 Å². The maximum absolute atomic E-state index is 13.2. The van der Waals surface area contributed by atoms with Gasteiger partial charge in [0.1, 0.15) is 5.69 Å². The highest BCUT2D eigenvalue weighted by molar-refractivity contribution is 7.84. The molecule has 0 radical (unpaired) electrons. The number of nitrogens with one attached hydrogen (secondary N) is 1. The standard InChI is InChI=1S/C13H19ClF2N2OS/c1-8(18-20(19)12(2,3)4)9-6-10(14)11(17-7-9)13(5,15)16/h6-8,18H,1-5H3/t8-,20+/m0/s1. The van der Waals surface area contributed by atoms with Gasteiger partial charge in [0.05, 0.1) is 20.8 Å². The fourth-order valence-corrected chi connectivity index (χ4v) is 2.57. The minimum Gasteiger partial charge on any atom is -0.253 e. The first-order valence-corrected chi connectivity index (χ1v) is 7.67. The molecule has 1 heterocycles. The van der Waals surface area contributed by atoms with Crippen LogP contribution in [0.1, 0.15) is 51.9 Å². The lowest BCUT2D eigenvalue weighted by molar-refractivity contribution is 0.0128. The lowest BCUT2D eigenvalue weighted by Crippen LogP contribution is -2.34. The molecule has 0 amide bonds. The monoisotopic (exact) mass is 324 g/mol. The van der Waals surface area contributed by atoms with Crippen molar-refractivity contribution in [1.82, 2.24) is 9.71 Å². The van der Waals surface area contributed by atoms with E-state index in [0.717, 1.165) is 6.92 Å². The molecule has 2 atom stereocenters. The molecule has 0 unspecified atom stereocenters. The summed E-state index contributed by atoms with van der Waals surface area (Å²) in [7, 11) is -1.27. The largest absolute Gasteiger partial charge is 0.288 e. The fraction of sp³-hybridized carbons (Fsp3) is 0.615. The number of aromatic nitrogens is 1. The van der Waals surface area contributed by atoms with E-state index >= 15 is 0 Å². The van der Waals surface area contributed by atoms with E-state index in [4.69, 9.17) is 11.6 Å². The van der Waals surface area contributed by atoms with Crippen LogP contribution >= 0.6 is 11.6 Å². The molecule has 0 fully saturated rings. The second-order valence-electron chi connectivity index (χ2n) is 5.71. The van der Waals surface area contributed by atoms with Crippen LogP contribution in [0, 0.1) is 0 Å². The van der Waals surface area contributed by atoms with Crippen LogP contribution in [0.25, 0.3) is 0 Å². The molecule has 7 heteroatoms. The molecule has 1 aromatic heterocycles. The molecule has 0 saturated carbocycles. The van der Waals surface area contributed by atoms with Crippen LogP contribution in [0.2, 0.25) is 5.02 Å². The summed E-state index contributed by atoms with van der Waals surface area (Å²) in [6, 6.07) is 1.12. The summed E-state index contributed by atoms with van der Waals surface area (Å²) in [5.74, 6) is -3.08. The molecular weight excluding hydrogens is 306 g/mol. The minimum absolute atomic E-state index is 0.0924. The van der Waals surface area contributed by atoms with E-state index in [1.165, 1.54) is 12.3 Å². The number of alkyl halides is 2. The topological polar surface area (TPSA) is 42.0 Å². The molecule has 0 spiro atoms. The summed E-state index contributed by atoms with van der Waals surface area (Å²) in [5, 5.41) is -0.0924. The predicted molar refractivity (Wildman–Crippen MR) is 78.3 cm³/mol. The van der Waals surface area contributed by atoms with Crippen molar-refractivity contribution in [2.24, 2.45) is 0 Å². The van der Waals surface area contributed by atoms with Crippen LogP contribution in [-0.2, 0) is 16.9 Å². The average Bonchev–Trinajstić information content (AvgIpc) is 2.25. The van der Waals surface area contributed by atoms with Crippen molar-refractivity contribution in [3.8, 4) is 0 Å². The van der Waals surface area contributed by atoms with E-state index < -0.39 is 27.3 Å². The van der Waals surface area contributed by atoms with Gasteiger partial charge in [-0.15, -0.1) is 0 Å². The molecule has 0 aliphatic heterocycles. The van der Waals surface area contributed by atoms with Crippen molar-refractivity contribution < 1.29 is 13.0 Å². The van der Waals surface area contributed by atoms with Gasteiger partial charge in [0, 0.05) is 19.2 Å². The molecule has 0 aromatic carbocycles. The van der Waals surface area contributed by atoms with Gasteiger partial charge < -0.3 is 0 Å². The molecule has 0 aliphatic carbocycles. The second kappa shape index (κ2) is 6.03. The van der Waals surface area contributed by atoms with Crippen LogP contribution in [0.15, 0.2) is 12.3 Å². The second-order valence-corrected chi connectivity index (χ2v) is 8.11. The number of halogens is 3. The number of rotatable bonds is 4. The Morgan fingerprint density at radius 1 is 1.35 bits per heavy atom. The van der Waals surface area contributed by atoms with Crippen LogP contribution in [-0.4, -0.2) is 13.9 Å². The predicted octanol–water partition coefficient (Wildman–Crippen LogP) is 3.96. The maximum atomic E-state index is 13.2. The first kappa shape index (κ1) is 17.5. The lowest BCUT2D eigenvalue weighted by Gasteiger charge is -2.22. The Bertz CT molecular complexity index is 512. The Kier molecular flexibility index (Phi) is 5.27. The quantitative estimate of drug-likeness (QED) is 0.911. The van der Waals surface area contributed by atoms with Crippen molar-refractivity contribution in [3.63, 3.8) is 0 Å². The molecular formula is C13H19ClF2N2OS. The Morgan fingerprint density at radius 3 is 2.30 bits per heavy atom. The van der Waals surface area contributed by atoms with Crippen LogP contribution < -0.4 is 4.72 Å². The van der Waals surface area contributed by atoms with Crippen molar-refractivity contribution in [2.75, 3.05) is 0 Å². The summed E-state index contributed by atoms with van der Waals surface area (Å²) in [6.07, 6.45) is 1.33. The third-order valence-corrected chi connectivity index (χ3v) is 4.59. The highest BCUT2D eigenvalue weighted by Gasteiger charge is 2.30. The zero-order valence-corrected chi connectivity index (χ0v) is 13.7. The van der Waals surface area contributed by atoms with Crippen molar-refractivity contribution >= 4 is 22.6 Å². The van der Waals surface area contributed by atoms with E-state index in [-0.39, 0.29) is 11.1 Å². The van der Waals surface area contributed by atoms with Crippen LogP contribution in [0.4, 0.5) is 8.78 Å². The highest BCUT2D eigenvalue weighted by Crippen LogP contribution is 2.32. The molecule has 0 saturated heterocycles. The van der Waals surface area contributed by atoms with Gasteiger partial charge in [-0.3, -0.25) is 4.98 Å². The molecule has 20 heavy (non-hydrogen) atoms. The van der Waals surface area contributed by atoms with Gasteiger partial charge in [-0.2, -0.15) is 8.78 Å². The Labute approximate surface area is 125 Å².